The van der Waals surface area contributed by atoms with Gasteiger partial charge < -0.3 is 4.74 Å². The van der Waals surface area contributed by atoms with Crippen LogP contribution in [0, 0.1) is 0 Å². The lowest BCUT2D eigenvalue weighted by Crippen LogP contribution is -2.04. The Bertz CT molecular complexity index is 655. The molecule has 1 aromatic heterocycles. The summed E-state index contributed by atoms with van der Waals surface area (Å²) in [6.45, 7) is -3.08. The van der Waals surface area contributed by atoms with Crippen molar-refractivity contribution in [3.8, 4) is 17.0 Å². The van der Waals surface area contributed by atoms with Crippen LogP contribution in [0.4, 0.5) is 17.6 Å². The molecule has 0 amide bonds. The zero-order valence-electron chi connectivity index (χ0n) is 10.0. The van der Waals surface area contributed by atoms with E-state index in [1.54, 1.807) is 0 Å². The zero-order chi connectivity index (χ0) is 15.6. The summed E-state index contributed by atoms with van der Waals surface area (Å²) in [7, 11) is 0. The van der Waals surface area contributed by atoms with Gasteiger partial charge in [0.25, 0.3) is 6.43 Å². The molecule has 2 aromatic rings. The highest BCUT2D eigenvalue weighted by atomic mass is 35.5. The molecule has 0 radical (unpaired) electrons. The lowest BCUT2D eigenvalue weighted by Gasteiger charge is -2.11. The van der Waals surface area contributed by atoms with Crippen molar-refractivity contribution in [1.82, 2.24) is 9.97 Å². The number of rotatable bonds is 4. The van der Waals surface area contributed by atoms with Crippen molar-refractivity contribution in [2.24, 2.45) is 0 Å². The van der Waals surface area contributed by atoms with Crippen LogP contribution in [0.25, 0.3) is 11.3 Å². The maximum Gasteiger partial charge on any atom is 0.387 e. The molecule has 0 saturated heterocycles. The molecule has 112 valence electrons. The predicted molar refractivity (Wildman–Crippen MR) is 69.1 cm³/mol. The second kappa shape index (κ2) is 6.44. The van der Waals surface area contributed by atoms with E-state index in [4.69, 9.17) is 23.2 Å². The summed E-state index contributed by atoms with van der Waals surface area (Å²) in [6, 6.07) is 3.91. The number of hydrogen-bond acceptors (Lipinski definition) is 3. The van der Waals surface area contributed by atoms with Crippen LogP contribution in [-0.2, 0) is 0 Å². The van der Waals surface area contributed by atoms with Crippen molar-refractivity contribution in [2.45, 2.75) is 13.0 Å². The van der Waals surface area contributed by atoms with Gasteiger partial charge in [0, 0.05) is 10.6 Å². The molecule has 0 atom stereocenters. The Morgan fingerprint density at radius 3 is 2.38 bits per heavy atom. The van der Waals surface area contributed by atoms with Crippen LogP contribution in [0.2, 0.25) is 10.2 Å². The maximum absolute atomic E-state index is 12.5. The number of nitrogens with zero attached hydrogens (tertiary/aromatic N) is 2. The van der Waals surface area contributed by atoms with Crippen LogP contribution in [0.1, 0.15) is 12.1 Å². The van der Waals surface area contributed by atoms with Gasteiger partial charge in [-0.15, -0.1) is 0 Å². The highest BCUT2D eigenvalue weighted by Crippen LogP contribution is 2.34. The summed E-state index contributed by atoms with van der Waals surface area (Å²) in [5.41, 5.74) is -0.572. The lowest BCUT2D eigenvalue weighted by molar-refractivity contribution is -0.0494. The number of benzene rings is 1. The second-order valence-corrected chi connectivity index (χ2v) is 4.55. The fourth-order valence-corrected chi connectivity index (χ4v) is 1.94. The number of aromatic nitrogens is 2. The second-order valence-electron chi connectivity index (χ2n) is 3.75. The summed E-state index contributed by atoms with van der Waals surface area (Å²) in [4.78, 5) is 7.19. The van der Waals surface area contributed by atoms with Crippen molar-refractivity contribution in [3.63, 3.8) is 0 Å². The van der Waals surface area contributed by atoms with E-state index >= 15 is 0 Å². The monoisotopic (exact) mass is 340 g/mol. The summed E-state index contributed by atoms with van der Waals surface area (Å²) < 4.78 is 54.1. The molecule has 0 bridgehead atoms. The van der Waals surface area contributed by atoms with Crippen molar-refractivity contribution in [3.05, 3.63) is 40.3 Å². The Hall–Kier alpha value is -1.60. The standard InChI is InChI=1S/C12H6Cl2F4N2O/c13-5-1-2-6(8(3-5)21-12(17)18)7-4-19-9(11(15)16)10(14)20-7/h1-4,11-12H. The summed E-state index contributed by atoms with van der Waals surface area (Å²) >= 11 is 11.3. The van der Waals surface area contributed by atoms with E-state index in [9.17, 15) is 17.6 Å². The van der Waals surface area contributed by atoms with Crippen molar-refractivity contribution < 1.29 is 22.3 Å². The third-order valence-corrected chi connectivity index (χ3v) is 2.91. The maximum atomic E-state index is 12.5. The first kappa shape index (κ1) is 15.8. The summed E-state index contributed by atoms with van der Waals surface area (Å²) in [6.07, 6.45) is -1.89. The van der Waals surface area contributed by atoms with Gasteiger partial charge in [0.1, 0.15) is 11.4 Å². The third kappa shape index (κ3) is 3.74. The minimum Gasteiger partial charge on any atom is -0.434 e. The molecular formula is C12H6Cl2F4N2O. The van der Waals surface area contributed by atoms with Gasteiger partial charge in [0.05, 0.1) is 11.9 Å². The molecule has 9 heteroatoms. The smallest absolute Gasteiger partial charge is 0.387 e. The molecule has 1 heterocycles. The molecule has 21 heavy (non-hydrogen) atoms. The van der Waals surface area contributed by atoms with Gasteiger partial charge in [-0.05, 0) is 18.2 Å². The molecule has 0 aliphatic rings. The highest BCUT2D eigenvalue weighted by Gasteiger charge is 2.18. The van der Waals surface area contributed by atoms with Crippen molar-refractivity contribution in [2.75, 3.05) is 0 Å². The molecule has 0 aliphatic heterocycles. The van der Waals surface area contributed by atoms with E-state index in [0.29, 0.717) is 0 Å². The van der Waals surface area contributed by atoms with Gasteiger partial charge in [-0.3, -0.25) is 0 Å². The number of hydrogen-bond donors (Lipinski definition) is 0. The van der Waals surface area contributed by atoms with Crippen LogP contribution in [0.15, 0.2) is 24.4 Å². The number of ether oxygens (including phenoxy) is 1. The normalized spacial score (nSPS) is 11.2. The Labute approximate surface area is 126 Å². The van der Waals surface area contributed by atoms with Crippen LogP contribution >= 0.6 is 23.2 Å². The van der Waals surface area contributed by atoms with E-state index in [-0.39, 0.29) is 22.0 Å². The molecule has 0 aliphatic carbocycles. The zero-order valence-corrected chi connectivity index (χ0v) is 11.5. The first-order valence-corrected chi connectivity index (χ1v) is 6.19. The van der Waals surface area contributed by atoms with E-state index in [1.165, 1.54) is 12.1 Å². The fraction of sp³-hybridized carbons (Fsp3) is 0.167. The largest absolute Gasteiger partial charge is 0.434 e. The van der Waals surface area contributed by atoms with Gasteiger partial charge in [-0.2, -0.15) is 8.78 Å². The van der Waals surface area contributed by atoms with E-state index in [2.05, 4.69) is 14.7 Å². The predicted octanol–water partition coefficient (Wildman–Crippen LogP) is 4.99. The Balaban J connectivity index is 2.48. The van der Waals surface area contributed by atoms with Crippen molar-refractivity contribution >= 4 is 23.2 Å². The minimum absolute atomic E-state index is 0.0108. The molecule has 1 aromatic carbocycles. The van der Waals surface area contributed by atoms with Crippen LogP contribution in [-0.4, -0.2) is 16.6 Å². The van der Waals surface area contributed by atoms with Crippen molar-refractivity contribution in [1.29, 1.82) is 0 Å². The van der Waals surface area contributed by atoms with Crippen LogP contribution in [0.5, 0.6) is 5.75 Å². The first-order valence-electron chi connectivity index (χ1n) is 5.44. The lowest BCUT2D eigenvalue weighted by atomic mass is 10.1. The first-order chi connectivity index (χ1) is 9.88. The SMILES string of the molecule is FC(F)Oc1cc(Cl)ccc1-c1cnc(C(F)F)c(Cl)n1. The van der Waals surface area contributed by atoms with Gasteiger partial charge in [0.15, 0.2) is 5.15 Å². The molecule has 3 nitrogen and oxygen atoms in total. The minimum atomic E-state index is -3.08. The van der Waals surface area contributed by atoms with Gasteiger partial charge in [-0.25, -0.2) is 18.7 Å². The van der Waals surface area contributed by atoms with E-state index in [1.807, 2.05) is 0 Å². The Morgan fingerprint density at radius 2 is 1.81 bits per heavy atom. The number of alkyl halides is 4. The summed E-state index contributed by atoms with van der Waals surface area (Å²) in [5.74, 6) is -0.257. The molecule has 2 rings (SSSR count). The van der Waals surface area contributed by atoms with Gasteiger partial charge in [0.2, 0.25) is 0 Å². The number of halogens is 6. The molecule has 0 spiro atoms. The molecular weight excluding hydrogens is 335 g/mol. The highest BCUT2D eigenvalue weighted by molar-refractivity contribution is 6.31. The summed E-state index contributed by atoms with van der Waals surface area (Å²) in [5, 5.41) is -0.349. The fourth-order valence-electron chi connectivity index (χ4n) is 1.55. The quantitative estimate of drug-likeness (QED) is 0.735. The molecule has 0 unspecified atom stereocenters. The molecule has 0 saturated carbocycles. The average Bonchev–Trinajstić information content (AvgIpc) is 2.37. The van der Waals surface area contributed by atoms with Crippen LogP contribution in [0.3, 0.4) is 0 Å². The average molecular weight is 341 g/mol. The van der Waals surface area contributed by atoms with Gasteiger partial charge >= 0.3 is 6.61 Å². The molecule has 0 N–H and O–H groups in total. The third-order valence-electron chi connectivity index (χ3n) is 2.40. The van der Waals surface area contributed by atoms with E-state index < -0.39 is 23.9 Å². The van der Waals surface area contributed by atoms with Crippen LogP contribution < -0.4 is 4.74 Å². The topological polar surface area (TPSA) is 35.0 Å². The van der Waals surface area contributed by atoms with Gasteiger partial charge in [-0.1, -0.05) is 23.2 Å². The van der Waals surface area contributed by atoms with E-state index in [0.717, 1.165) is 12.3 Å². The Morgan fingerprint density at radius 1 is 1.10 bits per heavy atom. The Kier molecular flexibility index (Phi) is 4.84. The molecule has 0 fully saturated rings.